The second kappa shape index (κ2) is 19.6. The maximum atomic E-state index is 15.4. The number of nitrogens with zero attached hydrogens (tertiary/aromatic N) is 1. The molecule has 3 unspecified atom stereocenters. The summed E-state index contributed by atoms with van der Waals surface area (Å²) in [7, 11) is 2.98. The van der Waals surface area contributed by atoms with Gasteiger partial charge in [0.2, 0.25) is 0 Å². The molecule has 5 fully saturated rings. The van der Waals surface area contributed by atoms with Crippen LogP contribution in [0.4, 0.5) is 4.79 Å². The van der Waals surface area contributed by atoms with Crippen molar-refractivity contribution in [2.75, 3.05) is 20.8 Å². The molecule has 3 aliphatic heterocycles. The molecule has 14 atom stereocenters. The van der Waals surface area contributed by atoms with E-state index in [2.05, 4.69) is 6.58 Å². The van der Waals surface area contributed by atoms with E-state index >= 15 is 4.79 Å². The summed E-state index contributed by atoms with van der Waals surface area (Å²) in [6, 6.07) is 12.4. The molecule has 18 nitrogen and oxygen atoms in total. The number of amides is 1. The highest BCUT2D eigenvalue weighted by molar-refractivity contribution is 5.89. The van der Waals surface area contributed by atoms with Gasteiger partial charge in [0.15, 0.2) is 30.3 Å². The zero-order valence-corrected chi connectivity index (χ0v) is 44.1. The quantitative estimate of drug-likeness (QED) is 0.118. The molecule has 6 aliphatic rings. The number of esters is 4. The van der Waals surface area contributed by atoms with Gasteiger partial charge < -0.3 is 57.2 Å². The van der Waals surface area contributed by atoms with Crippen molar-refractivity contribution in [2.24, 2.45) is 22.7 Å². The molecule has 2 aromatic rings. The molecule has 1 amide bonds. The fraction of sp³-hybridized carbons (Fsp3) is 0.618. The predicted molar refractivity (Wildman–Crippen MR) is 260 cm³/mol. The average molecular weight is 1020 g/mol. The number of fused-ring (bicyclic) bond motifs is 3. The number of methoxy groups -OCH3 is 2. The first-order chi connectivity index (χ1) is 34.3. The van der Waals surface area contributed by atoms with Crippen LogP contribution in [0, 0.1) is 22.7 Å². The van der Waals surface area contributed by atoms with E-state index in [0.29, 0.717) is 22.6 Å². The molecule has 2 aromatic carbocycles. The molecule has 398 valence electrons. The molecule has 2 saturated carbocycles. The van der Waals surface area contributed by atoms with Crippen molar-refractivity contribution in [3.63, 3.8) is 0 Å². The third-order valence-electron chi connectivity index (χ3n) is 15.7. The van der Waals surface area contributed by atoms with Crippen molar-refractivity contribution in [1.82, 2.24) is 4.90 Å². The minimum Gasteiger partial charge on any atom is -0.497 e. The van der Waals surface area contributed by atoms with Crippen LogP contribution in [0.15, 0.2) is 72.3 Å². The van der Waals surface area contributed by atoms with Crippen LogP contribution < -0.4 is 9.47 Å². The summed E-state index contributed by atoms with van der Waals surface area (Å²) >= 11 is 0. The van der Waals surface area contributed by atoms with Crippen molar-refractivity contribution in [3.05, 3.63) is 83.5 Å². The number of benzene rings is 2. The number of ether oxygens (including phenoxy) is 11. The zero-order valence-electron chi connectivity index (χ0n) is 44.1. The highest BCUT2D eigenvalue weighted by atomic mass is 16.7. The van der Waals surface area contributed by atoms with Crippen LogP contribution in [0.2, 0.25) is 0 Å². The highest BCUT2D eigenvalue weighted by Gasteiger charge is 2.81. The largest absolute Gasteiger partial charge is 0.497 e. The molecule has 3 heterocycles. The van der Waals surface area contributed by atoms with E-state index in [1.165, 1.54) is 39.0 Å². The zero-order chi connectivity index (χ0) is 53.3. The Morgan fingerprint density at radius 2 is 1.62 bits per heavy atom. The lowest BCUT2D eigenvalue weighted by Crippen LogP contribution is -2.80. The SMILES string of the molecule is C=CC1O[C@H]2C[C@H]3OC[C@@]3(OC(C)=O)[C@H]3[C@H](OC(=O)c4ccccc4)[C@]4(C(C)(C)O)C[C@H](OC(=O)[C@@H]5OC(c6ccc(OC)cc6OC)N(C(=O)OC(C)(C)C)C5CC(C)C)C(C)=C4[C@H](OC(C)=O)[C@H](O1)[C@]23C. The average Bonchev–Trinajstić information content (AvgIpc) is 3.80. The van der Waals surface area contributed by atoms with Gasteiger partial charge in [-0.15, -0.1) is 0 Å². The van der Waals surface area contributed by atoms with Gasteiger partial charge in [0.25, 0.3) is 0 Å². The molecule has 0 radical (unpaired) electrons. The standard InChI is InChI=1S/C55H71NO17/c1-15-40-68-38-25-39-55(27-65-39,72-31(6)58)44-46(71-48(59)32-19-17-16-18-20-32)54(52(10,11)62)26-37(29(4)41(54)43(66-30(5)57)45(69-40)53(38,44)12)67-49(60)42-35(23-28(2)3)56(50(61)73-51(7,8)9)47(70-42)34-22-21-33(63-13)24-36(34)64-14/h15-22,24,28,35,37-40,42-47,62H,1,23,25-27H2,2-14H3/t35?,37-,38-,39+,40?,42+,43-,44-,45-,46-,47?,53+,54-,55-/m0/s1. The lowest BCUT2D eigenvalue weighted by atomic mass is 9.49. The van der Waals surface area contributed by atoms with Crippen molar-refractivity contribution in [2.45, 2.75) is 174 Å². The number of aliphatic hydroxyl groups is 1. The molecule has 3 saturated heterocycles. The van der Waals surface area contributed by atoms with E-state index in [0.717, 1.165) is 0 Å². The fourth-order valence-electron chi connectivity index (χ4n) is 12.8. The Bertz CT molecular complexity index is 2510. The minimum atomic E-state index is -1.93. The monoisotopic (exact) mass is 1020 g/mol. The number of carbonyl (C=O) groups excluding carboxylic acids is 5. The molecule has 1 N–H and O–H groups in total. The maximum absolute atomic E-state index is 15.4. The van der Waals surface area contributed by atoms with E-state index in [-0.39, 0.29) is 42.9 Å². The summed E-state index contributed by atoms with van der Waals surface area (Å²) in [6.45, 7) is 22.2. The Morgan fingerprint density at radius 3 is 2.18 bits per heavy atom. The second-order valence-electron chi connectivity index (χ2n) is 22.3. The third kappa shape index (κ3) is 9.18. The lowest BCUT2D eigenvalue weighted by molar-refractivity contribution is -0.392. The van der Waals surface area contributed by atoms with E-state index in [9.17, 15) is 24.3 Å². The van der Waals surface area contributed by atoms with Crippen LogP contribution in [0.3, 0.4) is 0 Å². The third-order valence-corrected chi connectivity index (χ3v) is 15.7. The van der Waals surface area contributed by atoms with Gasteiger partial charge in [-0.25, -0.2) is 14.4 Å². The summed E-state index contributed by atoms with van der Waals surface area (Å²) in [5.74, 6) is -3.35. The summed E-state index contributed by atoms with van der Waals surface area (Å²) in [5, 5.41) is 13.2. The van der Waals surface area contributed by atoms with Gasteiger partial charge in [-0.05, 0) is 95.4 Å². The first-order valence-corrected chi connectivity index (χ1v) is 25.0. The van der Waals surface area contributed by atoms with E-state index in [1.807, 2.05) is 20.8 Å². The normalized spacial score (nSPS) is 34.5. The maximum Gasteiger partial charge on any atom is 0.413 e. The molecular weight excluding hydrogens is 947 g/mol. The van der Waals surface area contributed by atoms with Crippen LogP contribution >= 0.6 is 0 Å². The van der Waals surface area contributed by atoms with Crippen molar-refractivity contribution in [1.29, 1.82) is 0 Å². The number of hydrogen-bond donors (Lipinski definition) is 1. The highest BCUT2D eigenvalue weighted by Crippen LogP contribution is 2.70. The topological polar surface area (TPSA) is 210 Å². The second-order valence-corrected chi connectivity index (χ2v) is 22.3. The number of hydrogen-bond acceptors (Lipinski definition) is 17. The Hall–Kier alpha value is -5.53. The van der Waals surface area contributed by atoms with E-state index in [4.69, 9.17) is 52.1 Å². The lowest BCUT2D eigenvalue weighted by Gasteiger charge is -2.67. The van der Waals surface area contributed by atoms with Crippen LogP contribution in [-0.2, 0) is 57.0 Å². The van der Waals surface area contributed by atoms with Gasteiger partial charge >= 0.3 is 30.0 Å². The predicted octanol–water partition coefficient (Wildman–Crippen LogP) is 7.34. The Balaban J connectivity index is 1.32. The van der Waals surface area contributed by atoms with Gasteiger partial charge in [-0.3, -0.25) is 14.5 Å². The molecule has 0 spiro atoms. The Labute approximate surface area is 426 Å². The molecule has 0 bridgehead atoms. The van der Waals surface area contributed by atoms with Crippen LogP contribution in [0.25, 0.3) is 0 Å². The summed E-state index contributed by atoms with van der Waals surface area (Å²) in [5.41, 5.74) is -6.28. The van der Waals surface area contributed by atoms with Gasteiger partial charge in [-0.2, -0.15) is 0 Å². The first kappa shape index (κ1) is 53.8. The summed E-state index contributed by atoms with van der Waals surface area (Å²) < 4.78 is 70.2. The van der Waals surface area contributed by atoms with Crippen LogP contribution in [-0.4, -0.2) is 133 Å². The van der Waals surface area contributed by atoms with Gasteiger partial charge in [0.1, 0.15) is 41.5 Å². The molecule has 0 aromatic heterocycles. The van der Waals surface area contributed by atoms with E-state index < -0.39 is 125 Å². The van der Waals surface area contributed by atoms with Gasteiger partial charge in [0, 0.05) is 43.7 Å². The molecule has 8 rings (SSSR count). The summed E-state index contributed by atoms with van der Waals surface area (Å²) in [4.78, 5) is 73.2. The molecular formula is C55H71NO17. The van der Waals surface area contributed by atoms with Crippen molar-refractivity contribution >= 4 is 30.0 Å². The number of rotatable bonds is 13. The Morgan fingerprint density at radius 1 is 0.918 bits per heavy atom. The summed E-state index contributed by atoms with van der Waals surface area (Å²) in [6.07, 6.45) is -9.45. The van der Waals surface area contributed by atoms with E-state index in [1.54, 1.807) is 90.1 Å². The molecule has 73 heavy (non-hydrogen) atoms. The van der Waals surface area contributed by atoms with Crippen LogP contribution in [0.1, 0.15) is 118 Å². The van der Waals surface area contributed by atoms with Crippen LogP contribution in [0.5, 0.6) is 11.5 Å². The van der Waals surface area contributed by atoms with Crippen molar-refractivity contribution < 1.29 is 81.2 Å². The van der Waals surface area contributed by atoms with Crippen molar-refractivity contribution in [3.8, 4) is 11.5 Å². The van der Waals surface area contributed by atoms with Gasteiger partial charge in [0.05, 0.1) is 55.5 Å². The first-order valence-electron chi connectivity index (χ1n) is 25.0. The minimum absolute atomic E-state index is 0.0772. The Kier molecular flexibility index (Phi) is 14.5. The number of carbonyl (C=O) groups is 5. The molecule has 3 aliphatic carbocycles. The van der Waals surface area contributed by atoms with Gasteiger partial charge in [-0.1, -0.05) is 45.5 Å². The fourth-order valence-corrected chi connectivity index (χ4v) is 12.8. The smallest absolute Gasteiger partial charge is 0.413 e. The molecule has 18 heteroatoms.